The molecule has 1 amide bonds. The summed E-state index contributed by atoms with van der Waals surface area (Å²) in [5, 5.41) is 0. The predicted molar refractivity (Wildman–Crippen MR) is 72.5 cm³/mol. The number of likely N-dealkylation sites (N-methyl/N-ethyl adjacent to an activating group) is 1. The number of halogens is 1. The molecule has 0 spiro atoms. The lowest BCUT2D eigenvalue weighted by Crippen LogP contribution is -2.33. The first-order valence-corrected chi connectivity index (χ1v) is 6.42. The van der Waals surface area contributed by atoms with Gasteiger partial charge in [0.15, 0.2) is 0 Å². The van der Waals surface area contributed by atoms with E-state index < -0.39 is 5.97 Å². The topological polar surface area (TPSA) is 46.6 Å². The van der Waals surface area contributed by atoms with Gasteiger partial charge >= 0.3 is 5.97 Å². The quantitative estimate of drug-likeness (QED) is 0.802. The van der Waals surface area contributed by atoms with Gasteiger partial charge in [-0.25, -0.2) is 0 Å². The van der Waals surface area contributed by atoms with Crippen molar-refractivity contribution in [2.45, 2.75) is 13.8 Å². The summed E-state index contributed by atoms with van der Waals surface area (Å²) >= 11 is 3.35. The van der Waals surface area contributed by atoms with Crippen LogP contribution in [-0.2, 0) is 9.53 Å². The fourth-order valence-electron chi connectivity index (χ4n) is 1.47. The zero-order chi connectivity index (χ0) is 13.7. The van der Waals surface area contributed by atoms with E-state index in [2.05, 4.69) is 15.9 Å². The maximum atomic E-state index is 12.1. The molecular formula is C13H16BrNO3. The lowest BCUT2D eigenvalue weighted by atomic mass is 10.1. The summed E-state index contributed by atoms with van der Waals surface area (Å²) in [6.07, 6.45) is 0. The summed E-state index contributed by atoms with van der Waals surface area (Å²) in [6.45, 7) is 3.94. The summed E-state index contributed by atoms with van der Waals surface area (Å²) in [5.74, 6) is -0.619. The number of benzene rings is 1. The average molecular weight is 314 g/mol. The molecule has 1 rings (SSSR count). The van der Waals surface area contributed by atoms with Gasteiger partial charge in [-0.15, -0.1) is 0 Å². The summed E-state index contributed by atoms with van der Waals surface area (Å²) in [6, 6.07) is 5.46. The van der Waals surface area contributed by atoms with E-state index in [9.17, 15) is 9.59 Å². The monoisotopic (exact) mass is 313 g/mol. The zero-order valence-electron chi connectivity index (χ0n) is 10.7. The molecule has 0 saturated carbocycles. The Kier molecular flexibility index (Phi) is 5.34. The Morgan fingerprint density at radius 3 is 2.61 bits per heavy atom. The predicted octanol–water partition coefficient (Wildman–Crippen LogP) is 2.39. The number of hydrogen-bond donors (Lipinski definition) is 0. The second-order valence-electron chi connectivity index (χ2n) is 3.95. The van der Waals surface area contributed by atoms with Crippen molar-refractivity contribution >= 4 is 27.8 Å². The largest absolute Gasteiger partial charge is 0.465 e. The molecule has 0 aliphatic carbocycles. The van der Waals surface area contributed by atoms with Crippen molar-refractivity contribution in [3.63, 3.8) is 0 Å². The van der Waals surface area contributed by atoms with Crippen LogP contribution in [0.15, 0.2) is 22.7 Å². The van der Waals surface area contributed by atoms with Gasteiger partial charge in [0.2, 0.25) is 0 Å². The third-order valence-electron chi connectivity index (χ3n) is 2.37. The molecule has 1 aromatic carbocycles. The van der Waals surface area contributed by atoms with Crippen LogP contribution in [-0.4, -0.2) is 37.0 Å². The highest BCUT2D eigenvalue weighted by Gasteiger charge is 2.17. The Labute approximate surface area is 115 Å². The number of nitrogens with zero attached hydrogens (tertiary/aromatic N) is 1. The molecule has 0 aromatic heterocycles. The minimum absolute atomic E-state index is 0.0486. The van der Waals surface area contributed by atoms with E-state index in [0.29, 0.717) is 12.2 Å². The van der Waals surface area contributed by atoms with Crippen LogP contribution in [0, 0.1) is 6.92 Å². The van der Waals surface area contributed by atoms with Gasteiger partial charge in [0, 0.05) is 11.5 Å². The third-order valence-corrected chi connectivity index (χ3v) is 3.03. The van der Waals surface area contributed by atoms with Crippen molar-refractivity contribution in [2.75, 3.05) is 20.2 Å². The number of aryl methyl sites for hydroxylation is 1. The van der Waals surface area contributed by atoms with Crippen LogP contribution in [0.25, 0.3) is 0 Å². The molecule has 0 saturated heterocycles. The first-order chi connectivity index (χ1) is 8.45. The molecule has 4 nitrogen and oxygen atoms in total. The molecule has 0 unspecified atom stereocenters. The Morgan fingerprint density at radius 2 is 2.06 bits per heavy atom. The Morgan fingerprint density at radius 1 is 1.39 bits per heavy atom. The zero-order valence-corrected chi connectivity index (χ0v) is 12.3. The third kappa shape index (κ3) is 3.84. The molecule has 0 aliphatic rings. The Balaban J connectivity index is 2.77. The van der Waals surface area contributed by atoms with E-state index in [4.69, 9.17) is 4.74 Å². The fourth-order valence-corrected chi connectivity index (χ4v) is 2.13. The number of esters is 1. The minimum Gasteiger partial charge on any atom is -0.465 e. The van der Waals surface area contributed by atoms with Crippen LogP contribution in [0.2, 0.25) is 0 Å². The summed E-state index contributed by atoms with van der Waals surface area (Å²) < 4.78 is 5.53. The first-order valence-electron chi connectivity index (χ1n) is 5.63. The van der Waals surface area contributed by atoms with Gasteiger partial charge in [0.25, 0.3) is 5.91 Å². The Hall–Kier alpha value is -1.36. The van der Waals surface area contributed by atoms with Gasteiger partial charge in [0.05, 0.1) is 12.2 Å². The number of carbonyl (C=O) groups is 2. The van der Waals surface area contributed by atoms with Crippen molar-refractivity contribution in [3.8, 4) is 0 Å². The summed E-state index contributed by atoms with van der Waals surface area (Å²) in [7, 11) is 1.57. The van der Waals surface area contributed by atoms with Crippen LogP contribution in [0.1, 0.15) is 22.8 Å². The van der Waals surface area contributed by atoms with Gasteiger partial charge in [0.1, 0.15) is 6.54 Å². The van der Waals surface area contributed by atoms with Crippen LogP contribution in [0.5, 0.6) is 0 Å². The summed E-state index contributed by atoms with van der Waals surface area (Å²) in [5.41, 5.74) is 1.60. The van der Waals surface area contributed by atoms with Crippen LogP contribution in [0.4, 0.5) is 0 Å². The van der Waals surface area contributed by atoms with E-state index in [0.717, 1.165) is 10.0 Å². The maximum absolute atomic E-state index is 12.1. The average Bonchev–Trinajstić information content (AvgIpc) is 2.28. The second kappa shape index (κ2) is 6.54. The smallest absolute Gasteiger partial charge is 0.325 e. The molecule has 18 heavy (non-hydrogen) atoms. The van der Waals surface area contributed by atoms with Crippen LogP contribution < -0.4 is 0 Å². The van der Waals surface area contributed by atoms with Crippen molar-refractivity contribution < 1.29 is 14.3 Å². The molecule has 1 aromatic rings. The highest BCUT2D eigenvalue weighted by atomic mass is 79.9. The molecule has 0 radical (unpaired) electrons. The Bertz CT molecular complexity index is 460. The lowest BCUT2D eigenvalue weighted by Gasteiger charge is -2.17. The molecule has 0 aliphatic heterocycles. The number of hydrogen-bond acceptors (Lipinski definition) is 3. The molecule has 0 fully saturated rings. The fraction of sp³-hybridized carbons (Fsp3) is 0.385. The minimum atomic E-state index is -0.406. The molecule has 0 N–H and O–H groups in total. The maximum Gasteiger partial charge on any atom is 0.325 e. The molecule has 0 atom stereocenters. The number of carbonyl (C=O) groups excluding carboxylic acids is 2. The molecular weight excluding hydrogens is 298 g/mol. The van der Waals surface area contributed by atoms with E-state index in [1.165, 1.54) is 4.90 Å². The van der Waals surface area contributed by atoms with Crippen LogP contribution in [0.3, 0.4) is 0 Å². The highest BCUT2D eigenvalue weighted by molar-refractivity contribution is 9.10. The molecule has 0 heterocycles. The van der Waals surface area contributed by atoms with Gasteiger partial charge in [-0.3, -0.25) is 9.59 Å². The van der Waals surface area contributed by atoms with Gasteiger partial charge in [-0.05, 0) is 47.5 Å². The van der Waals surface area contributed by atoms with Crippen molar-refractivity contribution in [2.24, 2.45) is 0 Å². The van der Waals surface area contributed by atoms with Crippen molar-refractivity contribution in [3.05, 3.63) is 33.8 Å². The number of rotatable bonds is 4. The van der Waals surface area contributed by atoms with Crippen molar-refractivity contribution in [1.82, 2.24) is 4.90 Å². The van der Waals surface area contributed by atoms with Crippen LogP contribution >= 0.6 is 15.9 Å². The van der Waals surface area contributed by atoms with Gasteiger partial charge in [-0.1, -0.05) is 6.07 Å². The second-order valence-corrected chi connectivity index (χ2v) is 4.80. The van der Waals surface area contributed by atoms with Crippen molar-refractivity contribution in [1.29, 1.82) is 0 Å². The highest BCUT2D eigenvalue weighted by Crippen LogP contribution is 2.19. The van der Waals surface area contributed by atoms with E-state index in [1.807, 2.05) is 19.1 Å². The van der Waals surface area contributed by atoms with Gasteiger partial charge < -0.3 is 9.64 Å². The van der Waals surface area contributed by atoms with Gasteiger partial charge in [-0.2, -0.15) is 0 Å². The summed E-state index contributed by atoms with van der Waals surface area (Å²) in [4.78, 5) is 24.7. The standard InChI is InChI=1S/C13H16BrNO3/c1-4-18-12(16)8-15(3)13(17)10-6-5-9(2)7-11(10)14/h5-7H,4,8H2,1-3H3. The van der Waals surface area contributed by atoms with E-state index >= 15 is 0 Å². The van der Waals surface area contributed by atoms with E-state index in [-0.39, 0.29) is 12.5 Å². The normalized spacial score (nSPS) is 10.0. The number of amides is 1. The number of ether oxygens (including phenoxy) is 1. The lowest BCUT2D eigenvalue weighted by molar-refractivity contribution is -0.143. The first kappa shape index (κ1) is 14.7. The molecule has 98 valence electrons. The van der Waals surface area contributed by atoms with E-state index in [1.54, 1.807) is 20.0 Å². The molecule has 0 bridgehead atoms. The SMILES string of the molecule is CCOC(=O)CN(C)C(=O)c1ccc(C)cc1Br. The molecule has 5 heteroatoms.